The van der Waals surface area contributed by atoms with Gasteiger partial charge in [-0.15, -0.1) is 0 Å². The molecule has 2 N–H and O–H groups in total. The maximum atomic E-state index is 4.32. The van der Waals surface area contributed by atoms with Crippen molar-refractivity contribution in [3.63, 3.8) is 0 Å². The van der Waals surface area contributed by atoms with Gasteiger partial charge in [0.25, 0.3) is 0 Å². The molecule has 1 aromatic heterocycles. The van der Waals surface area contributed by atoms with Gasteiger partial charge in [-0.1, -0.05) is 13.0 Å². The summed E-state index contributed by atoms with van der Waals surface area (Å²) in [5.41, 5.74) is 1.23. The molecule has 3 heteroatoms. The van der Waals surface area contributed by atoms with E-state index in [0.29, 0.717) is 6.04 Å². The van der Waals surface area contributed by atoms with Crippen molar-refractivity contribution in [2.75, 3.05) is 11.9 Å². The van der Waals surface area contributed by atoms with Crippen molar-refractivity contribution >= 4 is 5.82 Å². The van der Waals surface area contributed by atoms with Gasteiger partial charge in [0.1, 0.15) is 5.82 Å². The maximum absolute atomic E-state index is 4.32. The summed E-state index contributed by atoms with van der Waals surface area (Å²) < 4.78 is 0. The number of nitrogens with one attached hydrogen (secondary N) is 2. The van der Waals surface area contributed by atoms with Crippen LogP contribution in [0.25, 0.3) is 0 Å². The summed E-state index contributed by atoms with van der Waals surface area (Å²) in [7, 11) is 0. The van der Waals surface area contributed by atoms with Crippen LogP contribution in [-0.4, -0.2) is 17.6 Å². The van der Waals surface area contributed by atoms with Gasteiger partial charge in [0, 0.05) is 24.3 Å². The standard InChI is InChI=1S/C11H19N3/c1-4-12-8-10-6-5-7-13-11(10)14-9(2)3/h5-7,9,12H,4,8H2,1-3H3,(H,13,14). The van der Waals surface area contributed by atoms with Gasteiger partial charge in [-0.05, 0) is 26.5 Å². The molecule has 0 bridgehead atoms. The summed E-state index contributed by atoms with van der Waals surface area (Å²) in [6, 6.07) is 4.49. The molecule has 0 amide bonds. The monoisotopic (exact) mass is 193 g/mol. The zero-order valence-corrected chi connectivity index (χ0v) is 9.17. The van der Waals surface area contributed by atoms with Crippen LogP contribution in [0, 0.1) is 0 Å². The number of aromatic nitrogens is 1. The second kappa shape index (κ2) is 5.60. The first-order valence-electron chi connectivity index (χ1n) is 5.15. The van der Waals surface area contributed by atoms with E-state index in [1.165, 1.54) is 5.56 Å². The van der Waals surface area contributed by atoms with Crippen LogP contribution in [-0.2, 0) is 6.54 Å². The quantitative estimate of drug-likeness (QED) is 0.751. The molecule has 0 spiro atoms. The second-order valence-corrected chi connectivity index (χ2v) is 3.59. The predicted octanol–water partition coefficient (Wildman–Crippen LogP) is 2.01. The van der Waals surface area contributed by atoms with Gasteiger partial charge in [-0.25, -0.2) is 4.98 Å². The van der Waals surface area contributed by atoms with Crippen LogP contribution in [0.15, 0.2) is 18.3 Å². The van der Waals surface area contributed by atoms with E-state index in [1.54, 1.807) is 0 Å². The molecule has 0 unspecified atom stereocenters. The largest absolute Gasteiger partial charge is 0.368 e. The van der Waals surface area contributed by atoms with Gasteiger partial charge in [0.05, 0.1) is 0 Å². The fraction of sp³-hybridized carbons (Fsp3) is 0.545. The minimum absolute atomic E-state index is 0.422. The highest BCUT2D eigenvalue weighted by atomic mass is 15.0. The number of rotatable bonds is 5. The number of hydrogen-bond acceptors (Lipinski definition) is 3. The lowest BCUT2D eigenvalue weighted by Crippen LogP contribution is -2.17. The number of nitrogens with zero attached hydrogens (tertiary/aromatic N) is 1. The average Bonchev–Trinajstić information content (AvgIpc) is 2.16. The van der Waals surface area contributed by atoms with Gasteiger partial charge >= 0.3 is 0 Å². The van der Waals surface area contributed by atoms with E-state index in [2.05, 4.69) is 42.5 Å². The summed E-state index contributed by atoms with van der Waals surface area (Å²) in [6.07, 6.45) is 1.82. The Morgan fingerprint density at radius 2 is 2.21 bits per heavy atom. The molecule has 1 rings (SSSR count). The Balaban J connectivity index is 2.69. The number of hydrogen-bond donors (Lipinski definition) is 2. The summed E-state index contributed by atoms with van der Waals surface area (Å²) in [6.45, 7) is 8.19. The van der Waals surface area contributed by atoms with Crippen molar-refractivity contribution in [1.82, 2.24) is 10.3 Å². The highest BCUT2D eigenvalue weighted by Crippen LogP contribution is 2.11. The van der Waals surface area contributed by atoms with E-state index in [9.17, 15) is 0 Å². The zero-order chi connectivity index (χ0) is 10.4. The van der Waals surface area contributed by atoms with Crippen LogP contribution < -0.4 is 10.6 Å². The molecule has 0 saturated heterocycles. The molecule has 1 aromatic rings. The van der Waals surface area contributed by atoms with E-state index >= 15 is 0 Å². The van der Waals surface area contributed by atoms with Gasteiger partial charge < -0.3 is 10.6 Å². The normalized spacial score (nSPS) is 10.6. The molecule has 0 fully saturated rings. The van der Waals surface area contributed by atoms with Crippen molar-refractivity contribution in [1.29, 1.82) is 0 Å². The fourth-order valence-corrected chi connectivity index (χ4v) is 1.24. The third-order valence-corrected chi connectivity index (χ3v) is 1.88. The SMILES string of the molecule is CCNCc1cccnc1NC(C)C. The summed E-state index contributed by atoms with van der Waals surface area (Å²) in [4.78, 5) is 4.32. The minimum atomic E-state index is 0.422. The lowest BCUT2D eigenvalue weighted by atomic mass is 10.2. The van der Waals surface area contributed by atoms with Crippen molar-refractivity contribution in [2.45, 2.75) is 33.4 Å². The Morgan fingerprint density at radius 1 is 1.43 bits per heavy atom. The Bertz CT molecular complexity index is 271. The first-order chi connectivity index (χ1) is 6.74. The Kier molecular flexibility index (Phi) is 4.40. The van der Waals surface area contributed by atoms with Gasteiger partial charge in [-0.2, -0.15) is 0 Å². The third-order valence-electron chi connectivity index (χ3n) is 1.88. The molecule has 78 valence electrons. The Morgan fingerprint density at radius 3 is 2.86 bits per heavy atom. The molecular formula is C11H19N3. The van der Waals surface area contributed by atoms with E-state index < -0.39 is 0 Å². The Hall–Kier alpha value is -1.09. The lowest BCUT2D eigenvalue weighted by Gasteiger charge is -2.13. The smallest absolute Gasteiger partial charge is 0.130 e. The van der Waals surface area contributed by atoms with E-state index in [4.69, 9.17) is 0 Å². The van der Waals surface area contributed by atoms with E-state index in [1.807, 2.05) is 12.3 Å². The molecule has 0 aliphatic heterocycles. The molecule has 0 radical (unpaired) electrons. The van der Waals surface area contributed by atoms with Gasteiger partial charge in [0.2, 0.25) is 0 Å². The predicted molar refractivity (Wildman–Crippen MR) is 60.4 cm³/mol. The number of pyridine rings is 1. The summed E-state index contributed by atoms with van der Waals surface area (Å²) in [5.74, 6) is 0.989. The topological polar surface area (TPSA) is 37.0 Å². The van der Waals surface area contributed by atoms with Crippen molar-refractivity contribution in [3.8, 4) is 0 Å². The molecule has 3 nitrogen and oxygen atoms in total. The van der Waals surface area contributed by atoms with Crippen molar-refractivity contribution in [3.05, 3.63) is 23.9 Å². The summed E-state index contributed by atoms with van der Waals surface area (Å²) >= 11 is 0. The summed E-state index contributed by atoms with van der Waals surface area (Å²) in [5, 5.41) is 6.63. The minimum Gasteiger partial charge on any atom is -0.368 e. The fourth-order valence-electron chi connectivity index (χ4n) is 1.24. The molecular weight excluding hydrogens is 174 g/mol. The second-order valence-electron chi connectivity index (χ2n) is 3.59. The van der Waals surface area contributed by atoms with Crippen LogP contribution in [0.5, 0.6) is 0 Å². The molecule has 0 aliphatic carbocycles. The van der Waals surface area contributed by atoms with Crippen molar-refractivity contribution < 1.29 is 0 Å². The molecule has 0 aliphatic rings. The van der Waals surface area contributed by atoms with Crippen LogP contribution in [0.3, 0.4) is 0 Å². The lowest BCUT2D eigenvalue weighted by molar-refractivity contribution is 0.723. The van der Waals surface area contributed by atoms with Crippen molar-refractivity contribution in [2.24, 2.45) is 0 Å². The molecule has 0 atom stereocenters. The van der Waals surface area contributed by atoms with Crippen LogP contribution in [0.2, 0.25) is 0 Å². The third kappa shape index (κ3) is 3.34. The maximum Gasteiger partial charge on any atom is 0.130 e. The molecule has 0 aromatic carbocycles. The first-order valence-corrected chi connectivity index (χ1v) is 5.15. The molecule has 0 saturated carbocycles. The molecule has 1 heterocycles. The van der Waals surface area contributed by atoms with Gasteiger partial charge in [-0.3, -0.25) is 0 Å². The first kappa shape index (κ1) is 11.0. The molecule has 14 heavy (non-hydrogen) atoms. The highest BCUT2D eigenvalue weighted by molar-refractivity contribution is 5.44. The van der Waals surface area contributed by atoms with Gasteiger partial charge in [0.15, 0.2) is 0 Å². The Labute approximate surface area is 85.9 Å². The van der Waals surface area contributed by atoms with E-state index in [0.717, 1.165) is 18.9 Å². The highest BCUT2D eigenvalue weighted by Gasteiger charge is 2.02. The number of anilines is 1. The van der Waals surface area contributed by atoms with E-state index in [-0.39, 0.29) is 0 Å². The van der Waals surface area contributed by atoms with Crippen LogP contribution >= 0.6 is 0 Å². The zero-order valence-electron chi connectivity index (χ0n) is 9.17. The van der Waals surface area contributed by atoms with Crippen LogP contribution in [0.1, 0.15) is 26.3 Å². The van der Waals surface area contributed by atoms with Crippen LogP contribution in [0.4, 0.5) is 5.82 Å². The average molecular weight is 193 g/mol.